The molecule has 0 aliphatic carbocycles. The predicted molar refractivity (Wildman–Crippen MR) is 124 cm³/mol. The molecular formula is C20H22N4O6S2. The maximum atomic E-state index is 13.0. The topological polar surface area (TPSA) is 150 Å². The van der Waals surface area contributed by atoms with E-state index in [0.717, 1.165) is 0 Å². The van der Waals surface area contributed by atoms with Crippen molar-refractivity contribution in [2.75, 3.05) is 24.4 Å². The third-order valence-corrected chi connectivity index (χ3v) is 6.70. The second-order valence-corrected chi connectivity index (χ2v) is 9.49. The summed E-state index contributed by atoms with van der Waals surface area (Å²) in [4.78, 5) is 40.4. The van der Waals surface area contributed by atoms with Gasteiger partial charge < -0.3 is 20.0 Å². The molecule has 0 saturated heterocycles. The minimum Gasteiger partial charge on any atom is -0.497 e. The number of benzene rings is 2. The SMILES string of the molecule is COc1ccc(NC(=O)[C@@H](CCSC)NS(=O)(=O)c2ccc3[nH]c(=O)c(=O)[nH]c3c2)cc1. The largest absolute Gasteiger partial charge is 0.497 e. The molecule has 1 heterocycles. The highest BCUT2D eigenvalue weighted by Crippen LogP contribution is 2.18. The zero-order chi connectivity index (χ0) is 23.3. The Morgan fingerprint density at radius 1 is 1.06 bits per heavy atom. The van der Waals surface area contributed by atoms with Gasteiger partial charge >= 0.3 is 11.1 Å². The lowest BCUT2D eigenvalue weighted by molar-refractivity contribution is -0.117. The quantitative estimate of drug-likeness (QED) is 0.338. The summed E-state index contributed by atoms with van der Waals surface area (Å²) in [6.45, 7) is 0. The van der Waals surface area contributed by atoms with Crippen molar-refractivity contribution in [1.82, 2.24) is 14.7 Å². The van der Waals surface area contributed by atoms with Crippen molar-refractivity contribution in [2.24, 2.45) is 0 Å². The fourth-order valence-corrected chi connectivity index (χ4v) is 4.63. The molecule has 4 N–H and O–H groups in total. The van der Waals surface area contributed by atoms with E-state index in [2.05, 4.69) is 20.0 Å². The molecule has 2 aromatic carbocycles. The Morgan fingerprint density at radius 3 is 2.34 bits per heavy atom. The number of carbonyl (C=O) groups excluding carboxylic acids is 1. The molecule has 0 radical (unpaired) electrons. The zero-order valence-corrected chi connectivity index (χ0v) is 18.9. The van der Waals surface area contributed by atoms with Gasteiger partial charge in [0.2, 0.25) is 15.9 Å². The molecule has 0 saturated carbocycles. The number of nitrogens with one attached hydrogen (secondary N) is 4. The summed E-state index contributed by atoms with van der Waals surface area (Å²) in [6.07, 6.45) is 2.12. The highest BCUT2D eigenvalue weighted by atomic mass is 32.2. The fraction of sp³-hybridized carbons (Fsp3) is 0.250. The molecule has 3 rings (SSSR count). The number of hydrogen-bond donors (Lipinski definition) is 4. The summed E-state index contributed by atoms with van der Waals surface area (Å²) in [5, 5.41) is 2.70. The molecule has 3 aromatic rings. The molecule has 1 amide bonds. The molecule has 0 spiro atoms. The minimum atomic E-state index is -4.11. The van der Waals surface area contributed by atoms with E-state index in [9.17, 15) is 22.8 Å². The van der Waals surface area contributed by atoms with Gasteiger partial charge in [0.25, 0.3) is 0 Å². The molecule has 1 atom stereocenters. The maximum absolute atomic E-state index is 13.0. The number of aromatic amines is 2. The Balaban J connectivity index is 1.85. The van der Waals surface area contributed by atoms with Crippen molar-refractivity contribution in [3.63, 3.8) is 0 Å². The van der Waals surface area contributed by atoms with Crippen molar-refractivity contribution in [1.29, 1.82) is 0 Å². The summed E-state index contributed by atoms with van der Waals surface area (Å²) in [5.41, 5.74) is -0.794. The number of amides is 1. The lowest BCUT2D eigenvalue weighted by atomic mass is 10.2. The molecule has 0 fully saturated rings. The van der Waals surface area contributed by atoms with Crippen LogP contribution >= 0.6 is 11.8 Å². The molecule has 10 nitrogen and oxygen atoms in total. The van der Waals surface area contributed by atoms with E-state index in [-0.39, 0.29) is 22.3 Å². The highest BCUT2D eigenvalue weighted by molar-refractivity contribution is 7.98. The Labute approximate surface area is 187 Å². The number of rotatable bonds is 9. The first-order valence-electron chi connectivity index (χ1n) is 9.46. The van der Waals surface area contributed by atoms with Gasteiger partial charge in [-0.25, -0.2) is 8.42 Å². The lowest BCUT2D eigenvalue weighted by Crippen LogP contribution is -2.44. The number of carbonyl (C=O) groups is 1. The first kappa shape index (κ1) is 23.6. The molecule has 0 aliphatic rings. The van der Waals surface area contributed by atoms with Crippen LogP contribution in [0.1, 0.15) is 6.42 Å². The first-order valence-corrected chi connectivity index (χ1v) is 12.3. The van der Waals surface area contributed by atoms with Gasteiger partial charge in [0, 0.05) is 5.69 Å². The lowest BCUT2D eigenvalue weighted by Gasteiger charge is -2.18. The number of thioether (sulfide) groups is 1. The van der Waals surface area contributed by atoms with E-state index < -0.39 is 33.1 Å². The van der Waals surface area contributed by atoms with Gasteiger partial charge in [0.05, 0.1) is 23.0 Å². The number of aromatic nitrogens is 2. The van der Waals surface area contributed by atoms with Gasteiger partial charge in [-0.3, -0.25) is 14.4 Å². The maximum Gasteiger partial charge on any atom is 0.314 e. The van der Waals surface area contributed by atoms with Crippen LogP contribution in [0.2, 0.25) is 0 Å². The summed E-state index contributed by atoms with van der Waals surface area (Å²) >= 11 is 1.48. The molecule has 0 unspecified atom stereocenters. The Morgan fingerprint density at radius 2 is 1.72 bits per heavy atom. The normalized spacial score (nSPS) is 12.4. The molecule has 1 aromatic heterocycles. The average molecular weight is 479 g/mol. The number of ether oxygens (including phenoxy) is 1. The van der Waals surface area contributed by atoms with Crippen LogP contribution in [-0.2, 0) is 14.8 Å². The summed E-state index contributed by atoms with van der Waals surface area (Å²) in [6, 6.07) is 9.51. The predicted octanol–water partition coefficient (Wildman–Crippen LogP) is 1.26. The minimum absolute atomic E-state index is 0.154. The summed E-state index contributed by atoms with van der Waals surface area (Å²) < 4.78 is 33.4. The van der Waals surface area contributed by atoms with E-state index in [1.165, 1.54) is 37.1 Å². The van der Waals surface area contributed by atoms with Crippen LogP contribution in [-0.4, -0.2) is 49.5 Å². The molecule has 32 heavy (non-hydrogen) atoms. The van der Waals surface area contributed by atoms with Crippen LogP contribution in [0.15, 0.2) is 56.9 Å². The molecular weight excluding hydrogens is 456 g/mol. The number of hydrogen-bond acceptors (Lipinski definition) is 7. The smallest absolute Gasteiger partial charge is 0.314 e. The van der Waals surface area contributed by atoms with Crippen LogP contribution in [0.25, 0.3) is 11.0 Å². The highest BCUT2D eigenvalue weighted by Gasteiger charge is 2.26. The second kappa shape index (κ2) is 10.0. The van der Waals surface area contributed by atoms with Gasteiger partial charge in [0.1, 0.15) is 11.8 Å². The van der Waals surface area contributed by atoms with Gasteiger partial charge in [-0.1, -0.05) is 0 Å². The van der Waals surface area contributed by atoms with Crippen LogP contribution < -0.4 is 25.9 Å². The molecule has 170 valence electrons. The zero-order valence-electron chi connectivity index (χ0n) is 17.3. The van der Waals surface area contributed by atoms with Crippen LogP contribution in [0, 0.1) is 0 Å². The van der Waals surface area contributed by atoms with Gasteiger partial charge in [0.15, 0.2) is 0 Å². The van der Waals surface area contributed by atoms with Crippen molar-refractivity contribution in [3.05, 3.63) is 63.2 Å². The van der Waals surface area contributed by atoms with Crippen LogP contribution in [0.4, 0.5) is 5.69 Å². The summed E-state index contributed by atoms with van der Waals surface area (Å²) in [7, 11) is -2.58. The van der Waals surface area contributed by atoms with Crippen molar-refractivity contribution in [2.45, 2.75) is 17.4 Å². The van der Waals surface area contributed by atoms with Crippen molar-refractivity contribution >= 4 is 44.4 Å². The Bertz CT molecular complexity index is 1330. The third kappa shape index (κ3) is 5.58. The van der Waals surface area contributed by atoms with Crippen molar-refractivity contribution < 1.29 is 17.9 Å². The number of H-pyrrole nitrogens is 2. The van der Waals surface area contributed by atoms with E-state index in [0.29, 0.717) is 17.2 Å². The number of fused-ring (bicyclic) bond motifs is 1. The molecule has 12 heteroatoms. The van der Waals surface area contributed by atoms with Gasteiger partial charge in [-0.15, -0.1) is 0 Å². The van der Waals surface area contributed by atoms with E-state index >= 15 is 0 Å². The number of anilines is 1. The fourth-order valence-electron chi connectivity index (χ4n) is 2.90. The average Bonchev–Trinajstić information content (AvgIpc) is 2.77. The number of sulfonamides is 1. The van der Waals surface area contributed by atoms with Gasteiger partial charge in [-0.2, -0.15) is 16.5 Å². The third-order valence-electron chi connectivity index (χ3n) is 4.59. The van der Waals surface area contributed by atoms with Crippen LogP contribution in [0.5, 0.6) is 5.75 Å². The standard InChI is InChI=1S/C20H22N4O6S2/c1-30-13-5-3-12(4-6-13)21-18(25)16(9-10-31-2)24-32(28,29)14-7-8-15-17(11-14)23-20(27)19(26)22-15/h3-8,11,16,24H,9-10H2,1-2H3,(H,21,25)(H,22,26)(H,23,27)/t16-/m1/s1. The number of methoxy groups -OCH3 is 1. The van der Waals surface area contributed by atoms with Gasteiger partial charge in [-0.05, 0) is 60.9 Å². The summed E-state index contributed by atoms with van der Waals surface area (Å²) in [5.74, 6) is 0.666. The van der Waals surface area contributed by atoms with Crippen molar-refractivity contribution in [3.8, 4) is 5.75 Å². The Kier molecular flexibility index (Phi) is 7.38. The van der Waals surface area contributed by atoms with E-state index in [1.54, 1.807) is 24.3 Å². The van der Waals surface area contributed by atoms with Crippen LogP contribution in [0.3, 0.4) is 0 Å². The first-order chi connectivity index (χ1) is 15.2. The van der Waals surface area contributed by atoms with E-state index in [1.807, 2.05) is 6.26 Å². The molecule has 0 aliphatic heterocycles. The monoisotopic (exact) mass is 478 g/mol. The second-order valence-electron chi connectivity index (χ2n) is 6.79. The van der Waals surface area contributed by atoms with E-state index in [4.69, 9.17) is 4.74 Å². The Hall–Kier alpha value is -3.09. The molecule has 0 bridgehead atoms.